The summed E-state index contributed by atoms with van der Waals surface area (Å²) in [7, 11) is 1.22. The highest BCUT2D eigenvalue weighted by atomic mass is 32.2. The van der Waals surface area contributed by atoms with Gasteiger partial charge in [-0.15, -0.1) is 11.8 Å². The average Bonchev–Trinajstić information content (AvgIpc) is 2.45. The summed E-state index contributed by atoms with van der Waals surface area (Å²) in [4.78, 5) is 11.6. The Bertz CT molecular complexity index is 301. The molecule has 6 nitrogen and oxygen atoms in total. The lowest BCUT2D eigenvalue weighted by Gasteiger charge is -2.41. The molecule has 0 aromatic heterocycles. The maximum Gasteiger partial charge on any atom is 0.337 e. The molecule has 1 aliphatic rings. The fraction of sp³-hybridized carbons (Fsp3) is 0.923. The highest BCUT2D eigenvalue weighted by Crippen LogP contribution is 2.31. The summed E-state index contributed by atoms with van der Waals surface area (Å²) in [5.41, 5.74) is -0.501. The summed E-state index contributed by atoms with van der Waals surface area (Å²) >= 11 is 1.43. The van der Waals surface area contributed by atoms with E-state index in [1.54, 1.807) is 0 Å². The van der Waals surface area contributed by atoms with Crippen LogP contribution in [0, 0.1) is 0 Å². The average molecular weight is 308 g/mol. The zero-order valence-corrected chi connectivity index (χ0v) is 13.0. The SMILES string of the molecule is CCCCO[C@H]1C(O)[C@@H](O)C(C(=O)OC)O[C@H]1SCC. The first-order valence-electron chi connectivity index (χ1n) is 6.89. The van der Waals surface area contributed by atoms with Crippen molar-refractivity contribution < 1.29 is 29.2 Å². The van der Waals surface area contributed by atoms with E-state index < -0.39 is 35.8 Å². The Morgan fingerprint density at radius 1 is 1.30 bits per heavy atom. The topological polar surface area (TPSA) is 85.2 Å². The van der Waals surface area contributed by atoms with Gasteiger partial charge in [0, 0.05) is 6.61 Å². The smallest absolute Gasteiger partial charge is 0.337 e. The molecule has 0 amide bonds. The molecular weight excluding hydrogens is 284 g/mol. The van der Waals surface area contributed by atoms with Crippen LogP contribution in [0.2, 0.25) is 0 Å². The van der Waals surface area contributed by atoms with Crippen molar-refractivity contribution >= 4 is 17.7 Å². The van der Waals surface area contributed by atoms with Gasteiger partial charge < -0.3 is 24.4 Å². The zero-order chi connectivity index (χ0) is 15.1. The van der Waals surface area contributed by atoms with Crippen molar-refractivity contribution in [2.75, 3.05) is 19.5 Å². The van der Waals surface area contributed by atoms with Crippen LogP contribution < -0.4 is 0 Å². The lowest BCUT2D eigenvalue weighted by Crippen LogP contribution is -2.59. The molecule has 1 rings (SSSR count). The third kappa shape index (κ3) is 4.33. The molecule has 0 saturated carbocycles. The summed E-state index contributed by atoms with van der Waals surface area (Å²) in [5.74, 6) is 0.0555. The molecule has 118 valence electrons. The molecule has 1 saturated heterocycles. The van der Waals surface area contributed by atoms with Crippen LogP contribution in [-0.2, 0) is 19.0 Å². The molecule has 0 spiro atoms. The van der Waals surface area contributed by atoms with Gasteiger partial charge >= 0.3 is 5.97 Å². The molecule has 2 unspecified atom stereocenters. The number of aliphatic hydroxyl groups is 2. The minimum atomic E-state index is -1.34. The summed E-state index contributed by atoms with van der Waals surface area (Å²) in [6.45, 7) is 4.47. The van der Waals surface area contributed by atoms with Gasteiger partial charge in [0.05, 0.1) is 7.11 Å². The van der Waals surface area contributed by atoms with Gasteiger partial charge in [0.25, 0.3) is 0 Å². The van der Waals surface area contributed by atoms with E-state index in [1.807, 2.05) is 13.8 Å². The molecule has 5 atom stereocenters. The number of thioether (sulfide) groups is 1. The Hall–Kier alpha value is -0.340. The standard InChI is InChI=1S/C13H24O6S/c1-4-6-7-18-11-9(15)8(14)10(12(16)17-3)19-13(11)20-5-2/h8-11,13-15H,4-7H2,1-3H3/t8-,9?,10?,11+,13+/m1/s1. The van der Waals surface area contributed by atoms with E-state index in [4.69, 9.17) is 9.47 Å². The molecule has 0 bridgehead atoms. The molecule has 1 aliphatic heterocycles. The van der Waals surface area contributed by atoms with E-state index in [9.17, 15) is 15.0 Å². The van der Waals surface area contributed by atoms with Crippen molar-refractivity contribution in [2.24, 2.45) is 0 Å². The van der Waals surface area contributed by atoms with Gasteiger partial charge in [0.15, 0.2) is 6.10 Å². The molecular formula is C13H24O6S. The number of hydrogen-bond donors (Lipinski definition) is 2. The van der Waals surface area contributed by atoms with Gasteiger partial charge in [-0.25, -0.2) is 4.79 Å². The van der Waals surface area contributed by atoms with E-state index in [2.05, 4.69) is 4.74 Å². The molecule has 0 radical (unpaired) electrons. The third-order valence-corrected chi connectivity index (χ3v) is 4.16. The van der Waals surface area contributed by atoms with Crippen LogP contribution in [0.25, 0.3) is 0 Å². The monoisotopic (exact) mass is 308 g/mol. The maximum absolute atomic E-state index is 11.6. The van der Waals surface area contributed by atoms with Crippen LogP contribution in [-0.4, -0.2) is 65.5 Å². The first kappa shape index (κ1) is 17.7. The molecule has 0 aromatic rings. The van der Waals surface area contributed by atoms with E-state index in [1.165, 1.54) is 18.9 Å². The van der Waals surface area contributed by atoms with Crippen LogP contribution in [0.4, 0.5) is 0 Å². The minimum absolute atomic E-state index is 0.484. The number of methoxy groups -OCH3 is 1. The van der Waals surface area contributed by atoms with Crippen LogP contribution >= 0.6 is 11.8 Å². The highest BCUT2D eigenvalue weighted by Gasteiger charge is 2.48. The van der Waals surface area contributed by atoms with Gasteiger partial charge in [-0.05, 0) is 12.2 Å². The summed E-state index contributed by atoms with van der Waals surface area (Å²) in [6, 6.07) is 0. The number of unbranched alkanes of at least 4 members (excludes halogenated alkanes) is 1. The normalized spacial score (nSPS) is 34.0. The van der Waals surface area contributed by atoms with Gasteiger partial charge in [0.1, 0.15) is 23.7 Å². The number of aliphatic hydroxyl groups excluding tert-OH is 2. The number of carbonyl (C=O) groups excluding carboxylic acids is 1. The molecule has 0 aliphatic carbocycles. The van der Waals surface area contributed by atoms with E-state index in [0.29, 0.717) is 6.61 Å². The first-order valence-corrected chi connectivity index (χ1v) is 7.94. The molecule has 2 N–H and O–H groups in total. The Labute approximate surface area is 123 Å². The van der Waals surface area contributed by atoms with Crippen molar-refractivity contribution in [3.8, 4) is 0 Å². The number of hydrogen-bond acceptors (Lipinski definition) is 7. The lowest BCUT2D eigenvalue weighted by atomic mass is 10.00. The van der Waals surface area contributed by atoms with Crippen LogP contribution in [0.3, 0.4) is 0 Å². The fourth-order valence-corrected chi connectivity index (χ4v) is 2.94. The van der Waals surface area contributed by atoms with Crippen LogP contribution in [0.5, 0.6) is 0 Å². The van der Waals surface area contributed by atoms with Crippen molar-refractivity contribution in [1.82, 2.24) is 0 Å². The second kappa shape index (κ2) is 8.84. The maximum atomic E-state index is 11.6. The summed E-state index contributed by atoms with van der Waals surface area (Å²) in [6.07, 6.45) is -2.50. The number of ether oxygens (including phenoxy) is 3. The number of rotatable bonds is 7. The van der Waals surface area contributed by atoms with Gasteiger partial charge in [-0.2, -0.15) is 0 Å². The van der Waals surface area contributed by atoms with E-state index in [0.717, 1.165) is 18.6 Å². The quantitative estimate of drug-likeness (QED) is 0.524. The van der Waals surface area contributed by atoms with Crippen LogP contribution in [0.1, 0.15) is 26.7 Å². The number of esters is 1. The Morgan fingerprint density at radius 2 is 2.00 bits per heavy atom. The first-order chi connectivity index (χ1) is 9.56. The second-order valence-electron chi connectivity index (χ2n) is 4.57. The molecule has 1 fully saturated rings. The van der Waals surface area contributed by atoms with Crippen molar-refractivity contribution in [3.05, 3.63) is 0 Å². The molecule has 0 aromatic carbocycles. The number of carbonyl (C=O) groups is 1. The van der Waals surface area contributed by atoms with Gasteiger partial charge in [-0.1, -0.05) is 20.3 Å². The second-order valence-corrected chi connectivity index (χ2v) is 5.95. The van der Waals surface area contributed by atoms with Gasteiger partial charge in [-0.3, -0.25) is 0 Å². The Balaban J connectivity index is 2.75. The largest absolute Gasteiger partial charge is 0.467 e. The fourth-order valence-electron chi connectivity index (χ4n) is 1.99. The van der Waals surface area contributed by atoms with Crippen molar-refractivity contribution in [1.29, 1.82) is 0 Å². The lowest BCUT2D eigenvalue weighted by molar-refractivity contribution is -0.220. The van der Waals surface area contributed by atoms with E-state index in [-0.39, 0.29) is 0 Å². The van der Waals surface area contributed by atoms with E-state index >= 15 is 0 Å². The summed E-state index contributed by atoms with van der Waals surface area (Å²) in [5, 5.41) is 20.2. The predicted octanol–water partition coefficient (Wildman–Crippen LogP) is 0.544. The Morgan fingerprint density at radius 3 is 2.55 bits per heavy atom. The molecule has 20 heavy (non-hydrogen) atoms. The third-order valence-electron chi connectivity index (χ3n) is 3.12. The summed E-state index contributed by atoms with van der Waals surface area (Å²) < 4.78 is 15.8. The highest BCUT2D eigenvalue weighted by molar-refractivity contribution is 7.99. The van der Waals surface area contributed by atoms with Gasteiger partial charge in [0.2, 0.25) is 0 Å². The molecule has 1 heterocycles. The predicted molar refractivity (Wildman–Crippen MR) is 75.5 cm³/mol. The molecule has 7 heteroatoms. The minimum Gasteiger partial charge on any atom is -0.467 e. The zero-order valence-electron chi connectivity index (χ0n) is 12.2. The van der Waals surface area contributed by atoms with Crippen molar-refractivity contribution in [3.63, 3.8) is 0 Å². The Kier molecular flexibility index (Phi) is 7.83. The van der Waals surface area contributed by atoms with Crippen LogP contribution in [0.15, 0.2) is 0 Å². The van der Waals surface area contributed by atoms with Crippen molar-refractivity contribution in [2.45, 2.75) is 56.5 Å².